The summed E-state index contributed by atoms with van der Waals surface area (Å²) in [5.41, 5.74) is 0.857. The highest BCUT2D eigenvalue weighted by Gasteiger charge is 2.33. The van der Waals surface area contributed by atoms with Crippen molar-refractivity contribution in [1.29, 1.82) is 0 Å². The molecular formula is C16H21N3O7S. The first-order valence-corrected chi connectivity index (χ1v) is 10.2. The molecule has 0 aliphatic heterocycles. The second kappa shape index (κ2) is 8.44. The molecule has 0 radical (unpaired) electrons. The van der Waals surface area contributed by atoms with E-state index in [0.717, 1.165) is 17.4 Å². The number of nitro groups is 1. The van der Waals surface area contributed by atoms with Gasteiger partial charge in [0.05, 0.1) is 35.0 Å². The molecule has 0 saturated heterocycles. The number of likely N-dealkylation sites (N-methyl/N-ethyl adjacent to an activating group) is 1. The minimum absolute atomic E-state index is 0.0496. The number of aromatic nitrogens is 1. The normalized spacial score (nSPS) is 20.0. The van der Waals surface area contributed by atoms with Gasteiger partial charge in [-0.3, -0.25) is 15.1 Å². The summed E-state index contributed by atoms with van der Waals surface area (Å²) in [6.07, 6.45) is 4.42. The molecule has 1 aromatic heterocycles. The standard InChI is InChI=1S/C16H21N3O7S/c1-18(16(20)21)13-9-11(12-5-6-17-10-14(12)19(22)23)3-4-15(13)26-7-8-27(2,24)25/h5-6,9-10,13,15H,3-4,7-8H2,1-2H3,(H,20,21). The lowest BCUT2D eigenvalue weighted by Crippen LogP contribution is -2.46. The molecule has 1 aromatic rings. The van der Waals surface area contributed by atoms with Crippen molar-refractivity contribution in [3.8, 4) is 0 Å². The van der Waals surface area contributed by atoms with Crippen molar-refractivity contribution in [1.82, 2.24) is 9.88 Å². The lowest BCUT2D eigenvalue weighted by Gasteiger charge is -2.35. The summed E-state index contributed by atoms with van der Waals surface area (Å²) in [6.45, 7) is -0.0496. The van der Waals surface area contributed by atoms with E-state index in [2.05, 4.69) is 4.98 Å². The number of carboxylic acid groups (broad SMARTS) is 1. The maximum Gasteiger partial charge on any atom is 0.407 e. The van der Waals surface area contributed by atoms with Crippen LogP contribution < -0.4 is 0 Å². The van der Waals surface area contributed by atoms with Crippen molar-refractivity contribution >= 4 is 27.2 Å². The largest absolute Gasteiger partial charge is 0.465 e. The van der Waals surface area contributed by atoms with E-state index in [4.69, 9.17) is 4.74 Å². The van der Waals surface area contributed by atoms with Crippen molar-refractivity contribution < 1.29 is 28.0 Å². The Bertz CT molecular complexity index is 853. The zero-order chi connectivity index (χ0) is 20.2. The maximum absolute atomic E-state index is 11.4. The molecule has 0 spiro atoms. The first-order chi connectivity index (χ1) is 12.6. The Morgan fingerprint density at radius 2 is 2.22 bits per heavy atom. The lowest BCUT2D eigenvalue weighted by atomic mass is 9.88. The molecule has 1 aliphatic carbocycles. The summed E-state index contributed by atoms with van der Waals surface area (Å²) in [5, 5.41) is 20.6. The van der Waals surface area contributed by atoms with Crippen LogP contribution in [0.15, 0.2) is 24.5 Å². The van der Waals surface area contributed by atoms with Crippen LogP contribution in [0.1, 0.15) is 18.4 Å². The van der Waals surface area contributed by atoms with E-state index in [1.807, 2.05) is 0 Å². The molecule has 1 N–H and O–H groups in total. The van der Waals surface area contributed by atoms with E-state index in [-0.39, 0.29) is 18.0 Å². The Kier molecular flexibility index (Phi) is 6.50. The topological polar surface area (TPSA) is 140 Å². The summed E-state index contributed by atoms with van der Waals surface area (Å²) in [5.74, 6) is -0.167. The van der Waals surface area contributed by atoms with E-state index < -0.39 is 33.0 Å². The van der Waals surface area contributed by atoms with Gasteiger partial charge in [0.2, 0.25) is 0 Å². The van der Waals surface area contributed by atoms with Crippen molar-refractivity contribution in [3.05, 3.63) is 40.2 Å². The monoisotopic (exact) mass is 399 g/mol. The highest BCUT2D eigenvalue weighted by atomic mass is 32.2. The minimum Gasteiger partial charge on any atom is -0.465 e. The molecule has 10 nitrogen and oxygen atoms in total. The molecule has 2 unspecified atom stereocenters. The molecule has 0 fully saturated rings. The van der Waals surface area contributed by atoms with Gasteiger partial charge in [0.15, 0.2) is 0 Å². The van der Waals surface area contributed by atoms with E-state index in [1.54, 1.807) is 6.08 Å². The molecule has 1 heterocycles. The lowest BCUT2D eigenvalue weighted by molar-refractivity contribution is -0.385. The summed E-state index contributed by atoms with van der Waals surface area (Å²) in [4.78, 5) is 26.9. The van der Waals surface area contributed by atoms with Gasteiger partial charge in [0.25, 0.3) is 5.69 Å². The highest BCUT2D eigenvalue weighted by Crippen LogP contribution is 2.34. The number of rotatable bonds is 7. The second-order valence-corrected chi connectivity index (χ2v) is 8.56. The van der Waals surface area contributed by atoms with Gasteiger partial charge in [-0.15, -0.1) is 0 Å². The van der Waals surface area contributed by atoms with Gasteiger partial charge in [-0.2, -0.15) is 0 Å². The number of amides is 1. The van der Waals surface area contributed by atoms with Gasteiger partial charge in [0.1, 0.15) is 16.0 Å². The zero-order valence-electron chi connectivity index (χ0n) is 14.9. The average Bonchev–Trinajstić information content (AvgIpc) is 2.60. The molecule has 2 atom stereocenters. The summed E-state index contributed by atoms with van der Waals surface area (Å²) in [7, 11) is -1.82. The number of hydrogen-bond donors (Lipinski definition) is 1. The number of allylic oxidation sites excluding steroid dienone is 1. The first kappa shape index (κ1) is 20.8. The molecular weight excluding hydrogens is 378 g/mol. The van der Waals surface area contributed by atoms with Crippen molar-refractivity contribution in [2.45, 2.75) is 25.0 Å². The summed E-state index contributed by atoms with van der Waals surface area (Å²) < 4.78 is 28.2. The number of ether oxygens (including phenoxy) is 1. The fraction of sp³-hybridized carbons (Fsp3) is 0.500. The smallest absolute Gasteiger partial charge is 0.407 e. The SMILES string of the molecule is CN(C(=O)O)C1C=C(c2ccncc2[N+](=O)[O-])CCC1OCCS(C)(=O)=O. The molecule has 0 bridgehead atoms. The third-order valence-corrected chi connectivity index (χ3v) is 5.24. The van der Waals surface area contributed by atoms with Gasteiger partial charge >= 0.3 is 6.09 Å². The fourth-order valence-corrected chi connectivity index (χ4v) is 3.31. The van der Waals surface area contributed by atoms with E-state index in [1.165, 1.54) is 19.3 Å². The van der Waals surface area contributed by atoms with Gasteiger partial charge in [0, 0.05) is 19.5 Å². The Morgan fingerprint density at radius 3 is 2.81 bits per heavy atom. The molecule has 1 aliphatic rings. The molecule has 11 heteroatoms. The Balaban J connectivity index is 2.31. The van der Waals surface area contributed by atoms with E-state index >= 15 is 0 Å². The van der Waals surface area contributed by atoms with Gasteiger partial charge in [-0.25, -0.2) is 13.2 Å². The number of hydrogen-bond acceptors (Lipinski definition) is 7. The number of pyridine rings is 1. The number of carbonyl (C=O) groups is 1. The van der Waals surface area contributed by atoms with Crippen LogP contribution in [0.25, 0.3) is 5.57 Å². The average molecular weight is 399 g/mol. The third-order valence-electron chi connectivity index (χ3n) is 4.33. The molecule has 148 valence electrons. The molecule has 0 saturated carbocycles. The van der Waals surface area contributed by atoms with Crippen LogP contribution in [0.2, 0.25) is 0 Å². The van der Waals surface area contributed by atoms with Crippen LogP contribution in [-0.2, 0) is 14.6 Å². The van der Waals surface area contributed by atoms with Crippen LogP contribution in [-0.4, -0.2) is 72.2 Å². The molecule has 27 heavy (non-hydrogen) atoms. The Labute approximate surface area is 156 Å². The van der Waals surface area contributed by atoms with Crippen LogP contribution in [0.5, 0.6) is 0 Å². The minimum atomic E-state index is -3.20. The van der Waals surface area contributed by atoms with Gasteiger partial charge in [-0.05, 0) is 24.5 Å². The molecule has 0 aromatic carbocycles. The highest BCUT2D eigenvalue weighted by molar-refractivity contribution is 7.90. The van der Waals surface area contributed by atoms with Crippen molar-refractivity contribution in [2.24, 2.45) is 0 Å². The number of nitrogens with zero attached hydrogens (tertiary/aromatic N) is 3. The van der Waals surface area contributed by atoms with Crippen molar-refractivity contribution in [3.63, 3.8) is 0 Å². The van der Waals surface area contributed by atoms with Crippen LogP contribution in [0.3, 0.4) is 0 Å². The first-order valence-electron chi connectivity index (χ1n) is 8.14. The van der Waals surface area contributed by atoms with E-state index in [0.29, 0.717) is 24.0 Å². The van der Waals surface area contributed by atoms with E-state index in [9.17, 15) is 28.4 Å². The fourth-order valence-electron chi connectivity index (χ4n) is 2.91. The summed E-state index contributed by atoms with van der Waals surface area (Å²) >= 11 is 0. The van der Waals surface area contributed by atoms with Gasteiger partial charge < -0.3 is 14.7 Å². The van der Waals surface area contributed by atoms with Crippen LogP contribution in [0.4, 0.5) is 10.5 Å². The van der Waals surface area contributed by atoms with Crippen LogP contribution >= 0.6 is 0 Å². The Morgan fingerprint density at radius 1 is 1.52 bits per heavy atom. The quantitative estimate of drug-likeness (QED) is 0.538. The zero-order valence-corrected chi connectivity index (χ0v) is 15.8. The Hall–Kier alpha value is -2.53. The van der Waals surface area contributed by atoms with Crippen molar-refractivity contribution in [2.75, 3.05) is 25.7 Å². The molecule has 2 rings (SSSR count). The predicted molar refractivity (Wildman–Crippen MR) is 97.1 cm³/mol. The molecule has 1 amide bonds. The summed E-state index contributed by atoms with van der Waals surface area (Å²) in [6, 6.07) is 0.825. The number of sulfone groups is 1. The van der Waals surface area contributed by atoms with Crippen LogP contribution in [0, 0.1) is 10.1 Å². The second-order valence-electron chi connectivity index (χ2n) is 6.30. The predicted octanol–water partition coefficient (Wildman–Crippen LogP) is 1.58. The third kappa shape index (κ3) is 5.47. The maximum atomic E-state index is 11.4. The van der Waals surface area contributed by atoms with Gasteiger partial charge in [-0.1, -0.05) is 6.08 Å².